The van der Waals surface area contributed by atoms with Crippen LogP contribution < -0.4 is 10.0 Å². The Hall–Kier alpha value is -2.63. The van der Waals surface area contributed by atoms with Crippen molar-refractivity contribution in [2.24, 2.45) is 0 Å². The lowest BCUT2D eigenvalue weighted by Crippen LogP contribution is -2.33. The van der Waals surface area contributed by atoms with Gasteiger partial charge in [-0.2, -0.15) is 4.73 Å². The van der Waals surface area contributed by atoms with Crippen LogP contribution in [-0.2, 0) is 14.3 Å². The molecule has 6 nitrogen and oxygen atoms in total. The molecular formula is C17H20N2O4. The summed E-state index contributed by atoms with van der Waals surface area (Å²) in [7, 11) is 0. The van der Waals surface area contributed by atoms with Crippen LogP contribution in [0.2, 0.25) is 0 Å². The van der Waals surface area contributed by atoms with E-state index in [-0.39, 0.29) is 12.4 Å². The molecule has 0 aliphatic carbocycles. The van der Waals surface area contributed by atoms with Crippen molar-refractivity contribution in [1.29, 1.82) is 0 Å². The first-order chi connectivity index (χ1) is 10.9. The van der Waals surface area contributed by atoms with Gasteiger partial charge in [-0.05, 0) is 33.8 Å². The molecule has 1 aliphatic rings. The van der Waals surface area contributed by atoms with E-state index in [1.807, 2.05) is 0 Å². The number of Topliss-reactive ketones (excluding diaryl/α,β-unsaturated/α-hetero) is 1. The number of carbonyl (C=O) groups excluding carboxylic acids is 2. The second-order valence-corrected chi connectivity index (χ2v) is 5.41. The number of rotatable bonds is 4. The van der Waals surface area contributed by atoms with Crippen molar-refractivity contribution in [2.45, 2.75) is 33.6 Å². The van der Waals surface area contributed by atoms with Gasteiger partial charge in [0.25, 0.3) is 0 Å². The Morgan fingerprint density at radius 3 is 2.52 bits per heavy atom. The molecule has 0 bridgehead atoms. The third kappa shape index (κ3) is 3.26. The Labute approximate surface area is 135 Å². The average Bonchev–Trinajstić information content (AvgIpc) is 2.46. The van der Waals surface area contributed by atoms with Crippen LogP contribution in [0, 0.1) is 5.21 Å². The molecule has 122 valence electrons. The lowest BCUT2D eigenvalue weighted by atomic mass is 9.79. The highest BCUT2D eigenvalue weighted by atomic mass is 16.5. The molecule has 6 heteroatoms. The Bertz CT molecular complexity index is 719. The normalized spacial score (nSPS) is 17.8. The summed E-state index contributed by atoms with van der Waals surface area (Å²) in [5.74, 6) is -1.26. The predicted octanol–water partition coefficient (Wildman–Crippen LogP) is 1.71. The first-order valence-electron chi connectivity index (χ1n) is 7.42. The predicted molar refractivity (Wildman–Crippen MR) is 84.0 cm³/mol. The second-order valence-electron chi connectivity index (χ2n) is 5.41. The summed E-state index contributed by atoms with van der Waals surface area (Å²) in [6.45, 7) is 6.94. The molecule has 0 aromatic carbocycles. The number of ketones is 1. The van der Waals surface area contributed by atoms with Crippen molar-refractivity contribution < 1.29 is 19.1 Å². The average molecular weight is 316 g/mol. The first-order valence-corrected chi connectivity index (χ1v) is 7.42. The quantitative estimate of drug-likeness (QED) is 0.519. The van der Waals surface area contributed by atoms with Crippen LogP contribution in [0.5, 0.6) is 0 Å². The van der Waals surface area contributed by atoms with Crippen LogP contribution in [0.1, 0.15) is 39.2 Å². The maximum atomic E-state index is 12.4. The van der Waals surface area contributed by atoms with E-state index in [9.17, 15) is 14.8 Å². The van der Waals surface area contributed by atoms with E-state index < -0.39 is 11.9 Å². The van der Waals surface area contributed by atoms with Gasteiger partial charge in [0.15, 0.2) is 18.2 Å². The van der Waals surface area contributed by atoms with Crippen molar-refractivity contribution in [3.05, 3.63) is 57.8 Å². The number of nitrogens with one attached hydrogen (secondary N) is 1. The fourth-order valence-electron chi connectivity index (χ4n) is 2.92. The van der Waals surface area contributed by atoms with Gasteiger partial charge in [0, 0.05) is 28.6 Å². The number of esters is 1. The number of ether oxygens (including phenoxy) is 1. The van der Waals surface area contributed by atoms with Crippen molar-refractivity contribution in [1.82, 2.24) is 5.32 Å². The van der Waals surface area contributed by atoms with Gasteiger partial charge in [0.1, 0.15) is 0 Å². The largest absolute Gasteiger partial charge is 0.619 e. The summed E-state index contributed by atoms with van der Waals surface area (Å²) < 4.78 is 5.80. The molecule has 23 heavy (non-hydrogen) atoms. The van der Waals surface area contributed by atoms with Crippen LogP contribution in [0.4, 0.5) is 0 Å². The van der Waals surface area contributed by atoms with E-state index in [4.69, 9.17) is 4.74 Å². The Morgan fingerprint density at radius 1 is 1.30 bits per heavy atom. The number of hydrogen-bond donors (Lipinski definition) is 1. The Balaban J connectivity index is 2.65. The maximum absolute atomic E-state index is 12.4. The molecule has 1 aliphatic heterocycles. The lowest BCUT2D eigenvalue weighted by molar-refractivity contribution is -0.605. The summed E-state index contributed by atoms with van der Waals surface area (Å²) in [6, 6.07) is 3.32. The number of pyridine rings is 1. The molecule has 0 spiro atoms. The minimum absolute atomic E-state index is 0.157. The maximum Gasteiger partial charge on any atom is 0.336 e. The van der Waals surface area contributed by atoms with Gasteiger partial charge in [0.05, 0.1) is 18.1 Å². The van der Waals surface area contributed by atoms with Crippen LogP contribution in [0.15, 0.2) is 47.1 Å². The van der Waals surface area contributed by atoms with Gasteiger partial charge in [0.2, 0.25) is 0 Å². The fraction of sp³-hybridized carbons (Fsp3) is 0.353. The molecule has 0 saturated carbocycles. The van der Waals surface area contributed by atoms with Crippen LogP contribution in [-0.4, -0.2) is 18.4 Å². The van der Waals surface area contributed by atoms with Gasteiger partial charge >= 0.3 is 5.97 Å². The molecule has 0 amide bonds. The fourth-order valence-corrected chi connectivity index (χ4v) is 2.92. The van der Waals surface area contributed by atoms with E-state index >= 15 is 0 Å². The highest BCUT2D eigenvalue weighted by Crippen LogP contribution is 2.38. The third-order valence-electron chi connectivity index (χ3n) is 3.77. The molecule has 1 unspecified atom stereocenters. The van der Waals surface area contributed by atoms with Crippen molar-refractivity contribution >= 4 is 11.8 Å². The van der Waals surface area contributed by atoms with Gasteiger partial charge < -0.3 is 15.3 Å². The molecule has 0 saturated heterocycles. The van der Waals surface area contributed by atoms with Crippen LogP contribution >= 0.6 is 0 Å². The smallest absolute Gasteiger partial charge is 0.336 e. The second kappa shape index (κ2) is 6.64. The van der Waals surface area contributed by atoms with E-state index in [0.29, 0.717) is 32.8 Å². The van der Waals surface area contributed by atoms with Gasteiger partial charge in [-0.1, -0.05) is 0 Å². The molecular weight excluding hydrogens is 296 g/mol. The van der Waals surface area contributed by atoms with E-state index in [2.05, 4.69) is 5.32 Å². The van der Waals surface area contributed by atoms with Crippen molar-refractivity contribution in [3.63, 3.8) is 0 Å². The molecule has 1 N–H and O–H groups in total. The highest BCUT2D eigenvalue weighted by Gasteiger charge is 2.36. The molecule has 0 radical (unpaired) electrons. The SMILES string of the molecule is CCOC(=O)C1=C(C)NC(C)=C(C(C)=O)C1c1ccc[n+]([O-])c1. The minimum atomic E-state index is -0.616. The number of hydrogen-bond acceptors (Lipinski definition) is 5. The molecule has 2 rings (SSSR count). The zero-order valence-corrected chi connectivity index (χ0v) is 13.7. The molecule has 1 atom stereocenters. The summed E-state index contributed by atoms with van der Waals surface area (Å²) in [5, 5.41) is 14.7. The number of aromatic nitrogens is 1. The van der Waals surface area contributed by atoms with Gasteiger partial charge in [-0.3, -0.25) is 4.79 Å². The lowest BCUT2D eigenvalue weighted by Gasteiger charge is -2.29. The van der Waals surface area contributed by atoms with Crippen molar-refractivity contribution in [2.75, 3.05) is 6.61 Å². The van der Waals surface area contributed by atoms with E-state index in [1.54, 1.807) is 32.9 Å². The number of carbonyl (C=O) groups is 2. The Morgan fingerprint density at radius 2 is 1.96 bits per heavy atom. The summed E-state index contributed by atoms with van der Waals surface area (Å²) in [4.78, 5) is 24.6. The standard InChI is InChI=1S/C17H20N2O4/c1-5-23-17(21)15-11(3)18-10(2)14(12(4)20)16(15)13-7-6-8-19(22)9-13/h6-9,16,18H,5H2,1-4H3. The van der Waals surface area contributed by atoms with Crippen LogP contribution in [0.25, 0.3) is 0 Å². The summed E-state index contributed by atoms with van der Waals surface area (Å²) in [5.41, 5.74) is 2.70. The summed E-state index contributed by atoms with van der Waals surface area (Å²) >= 11 is 0. The first kappa shape index (κ1) is 16.7. The molecule has 0 fully saturated rings. The van der Waals surface area contributed by atoms with Crippen LogP contribution in [0.3, 0.4) is 0 Å². The number of dihydropyridines is 1. The van der Waals surface area contributed by atoms with E-state index in [0.717, 1.165) is 0 Å². The zero-order chi connectivity index (χ0) is 17.1. The van der Waals surface area contributed by atoms with Crippen molar-refractivity contribution in [3.8, 4) is 0 Å². The zero-order valence-electron chi connectivity index (χ0n) is 13.7. The topological polar surface area (TPSA) is 82.3 Å². The third-order valence-corrected chi connectivity index (χ3v) is 3.77. The van der Waals surface area contributed by atoms with Gasteiger partial charge in [-0.15, -0.1) is 0 Å². The molecule has 1 aromatic rings. The Kier molecular flexibility index (Phi) is 4.83. The molecule has 2 heterocycles. The number of nitrogens with zero attached hydrogens (tertiary/aromatic N) is 1. The van der Waals surface area contributed by atoms with Gasteiger partial charge in [-0.25, -0.2) is 4.79 Å². The van der Waals surface area contributed by atoms with E-state index in [1.165, 1.54) is 19.3 Å². The number of allylic oxidation sites excluding steroid dienone is 3. The summed E-state index contributed by atoms with van der Waals surface area (Å²) in [6.07, 6.45) is 2.73. The highest BCUT2D eigenvalue weighted by molar-refractivity contribution is 6.02. The molecule has 1 aromatic heterocycles. The monoisotopic (exact) mass is 316 g/mol. The minimum Gasteiger partial charge on any atom is -0.619 e.